The highest BCUT2D eigenvalue weighted by molar-refractivity contribution is 6.04. The number of aromatic nitrogens is 2. The SMILES string of the molecule is Cc1ccc(-c2cc(NC(=O)c3ccccc3)c(=O)n([C@H](C)C(=O)Nc3ccc(F)cc3)n2)cc1. The minimum atomic E-state index is -1.02. The molecule has 1 heterocycles. The van der Waals surface area contributed by atoms with Crippen LogP contribution < -0.4 is 16.2 Å². The first-order valence-electron chi connectivity index (χ1n) is 11.0. The van der Waals surface area contributed by atoms with Crippen molar-refractivity contribution in [3.8, 4) is 11.3 Å². The first-order valence-corrected chi connectivity index (χ1v) is 11.0. The summed E-state index contributed by atoms with van der Waals surface area (Å²) in [5.41, 5.74) is 2.29. The van der Waals surface area contributed by atoms with Crippen LogP contribution in [0.1, 0.15) is 28.9 Å². The summed E-state index contributed by atoms with van der Waals surface area (Å²) in [7, 11) is 0. The lowest BCUT2D eigenvalue weighted by Crippen LogP contribution is -2.35. The molecule has 35 heavy (non-hydrogen) atoms. The Labute approximate surface area is 201 Å². The maximum Gasteiger partial charge on any atom is 0.291 e. The molecule has 176 valence electrons. The number of carbonyl (C=O) groups is 2. The van der Waals surface area contributed by atoms with Gasteiger partial charge in [0.25, 0.3) is 11.5 Å². The van der Waals surface area contributed by atoms with Crippen molar-refractivity contribution in [2.75, 3.05) is 10.6 Å². The molecule has 0 aliphatic carbocycles. The van der Waals surface area contributed by atoms with Crippen molar-refractivity contribution in [3.63, 3.8) is 0 Å². The Bertz CT molecular complexity index is 1420. The zero-order valence-electron chi connectivity index (χ0n) is 19.2. The smallest absolute Gasteiger partial charge is 0.291 e. The van der Waals surface area contributed by atoms with Gasteiger partial charge in [0, 0.05) is 16.8 Å². The summed E-state index contributed by atoms with van der Waals surface area (Å²) in [6.45, 7) is 3.47. The van der Waals surface area contributed by atoms with Crippen LogP contribution in [0.25, 0.3) is 11.3 Å². The van der Waals surface area contributed by atoms with Crippen LogP contribution in [0.2, 0.25) is 0 Å². The number of carbonyl (C=O) groups excluding carboxylic acids is 2. The third-order valence-corrected chi connectivity index (χ3v) is 5.42. The molecule has 0 saturated carbocycles. The van der Waals surface area contributed by atoms with Gasteiger partial charge in [0.2, 0.25) is 5.91 Å². The molecule has 0 radical (unpaired) electrons. The molecule has 8 heteroatoms. The average molecular weight is 471 g/mol. The molecule has 0 aliphatic rings. The Morgan fingerprint density at radius 3 is 2.23 bits per heavy atom. The van der Waals surface area contributed by atoms with Gasteiger partial charge >= 0.3 is 0 Å². The first kappa shape index (κ1) is 23.6. The molecule has 0 unspecified atom stereocenters. The fourth-order valence-electron chi connectivity index (χ4n) is 3.40. The minimum absolute atomic E-state index is 0.00846. The Morgan fingerprint density at radius 2 is 1.57 bits per heavy atom. The molecule has 1 atom stereocenters. The van der Waals surface area contributed by atoms with E-state index in [0.29, 0.717) is 22.5 Å². The van der Waals surface area contributed by atoms with Crippen molar-refractivity contribution in [2.24, 2.45) is 0 Å². The predicted octanol–water partition coefficient (Wildman–Crippen LogP) is 4.81. The van der Waals surface area contributed by atoms with Gasteiger partial charge in [0.15, 0.2) is 0 Å². The molecule has 0 spiro atoms. The van der Waals surface area contributed by atoms with Gasteiger partial charge in [0.1, 0.15) is 17.5 Å². The third kappa shape index (κ3) is 5.50. The van der Waals surface area contributed by atoms with Gasteiger partial charge < -0.3 is 10.6 Å². The molecule has 0 bridgehead atoms. The lowest BCUT2D eigenvalue weighted by Gasteiger charge is -2.17. The quantitative estimate of drug-likeness (QED) is 0.423. The fourth-order valence-corrected chi connectivity index (χ4v) is 3.40. The molecule has 2 N–H and O–H groups in total. The van der Waals surface area contributed by atoms with Gasteiger partial charge in [-0.15, -0.1) is 0 Å². The van der Waals surface area contributed by atoms with Crippen molar-refractivity contribution < 1.29 is 14.0 Å². The standard InChI is InChI=1S/C27H23FN4O3/c1-17-8-10-19(11-9-17)23-16-24(30-26(34)20-6-4-3-5-7-20)27(35)32(31-23)18(2)25(33)29-22-14-12-21(28)13-15-22/h3-16,18H,1-2H3,(H,29,33)(H,30,34)/t18-/m1/s1. The Hall–Kier alpha value is -4.59. The average Bonchev–Trinajstić information content (AvgIpc) is 2.87. The predicted molar refractivity (Wildman–Crippen MR) is 133 cm³/mol. The number of aryl methyl sites for hydroxylation is 1. The second-order valence-electron chi connectivity index (χ2n) is 8.05. The van der Waals surface area contributed by atoms with E-state index in [4.69, 9.17) is 0 Å². The zero-order chi connectivity index (χ0) is 24.9. The minimum Gasteiger partial charge on any atom is -0.324 e. The molecule has 3 aromatic carbocycles. The van der Waals surface area contributed by atoms with Crippen molar-refractivity contribution in [3.05, 3.63) is 112 Å². The van der Waals surface area contributed by atoms with Gasteiger partial charge in [-0.1, -0.05) is 48.0 Å². The maximum absolute atomic E-state index is 13.3. The number of nitrogens with one attached hydrogen (secondary N) is 2. The molecule has 4 rings (SSSR count). The number of halogens is 1. The van der Waals surface area contributed by atoms with Crippen LogP contribution in [0, 0.1) is 12.7 Å². The molecule has 7 nitrogen and oxygen atoms in total. The van der Waals surface area contributed by atoms with Gasteiger partial charge in [-0.2, -0.15) is 5.10 Å². The number of hydrogen-bond acceptors (Lipinski definition) is 4. The van der Waals surface area contributed by atoms with Crippen LogP contribution in [-0.4, -0.2) is 21.6 Å². The lowest BCUT2D eigenvalue weighted by molar-refractivity contribution is -0.119. The normalized spacial score (nSPS) is 11.5. The van der Waals surface area contributed by atoms with Crippen LogP contribution in [0.5, 0.6) is 0 Å². The number of anilines is 2. The van der Waals surface area contributed by atoms with Crippen LogP contribution in [-0.2, 0) is 4.79 Å². The summed E-state index contributed by atoms with van der Waals surface area (Å²) in [5, 5.41) is 9.73. The van der Waals surface area contributed by atoms with Gasteiger partial charge in [0.05, 0.1) is 5.69 Å². The Morgan fingerprint density at radius 1 is 0.914 bits per heavy atom. The number of rotatable bonds is 6. The van der Waals surface area contributed by atoms with E-state index in [1.807, 2.05) is 31.2 Å². The molecule has 1 aromatic heterocycles. The Kier molecular flexibility index (Phi) is 6.82. The summed E-state index contributed by atoms with van der Waals surface area (Å²) >= 11 is 0. The van der Waals surface area contributed by atoms with E-state index in [0.717, 1.165) is 10.2 Å². The van der Waals surface area contributed by atoms with Gasteiger partial charge in [-0.25, -0.2) is 9.07 Å². The van der Waals surface area contributed by atoms with Gasteiger partial charge in [-0.05, 0) is 56.3 Å². The van der Waals surface area contributed by atoms with E-state index in [1.165, 1.54) is 37.3 Å². The number of benzene rings is 3. The second-order valence-corrected chi connectivity index (χ2v) is 8.05. The van der Waals surface area contributed by atoms with Crippen molar-refractivity contribution in [1.29, 1.82) is 0 Å². The summed E-state index contributed by atoms with van der Waals surface area (Å²) < 4.78 is 14.2. The summed E-state index contributed by atoms with van der Waals surface area (Å²) in [5.74, 6) is -1.41. The number of amides is 2. The maximum atomic E-state index is 13.3. The number of nitrogens with zero attached hydrogens (tertiary/aromatic N) is 2. The van der Waals surface area contributed by atoms with Crippen LogP contribution >= 0.6 is 0 Å². The summed E-state index contributed by atoms with van der Waals surface area (Å²) in [6.07, 6.45) is 0. The van der Waals surface area contributed by atoms with E-state index >= 15 is 0 Å². The van der Waals surface area contributed by atoms with Crippen LogP contribution in [0.4, 0.5) is 15.8 Å². The lowest BCUT2D eigenvalue weighted by atomic mass is 10.1. The van der Waals surface area contributed by atoms with Crippen LogP contribution in [0.15, 0.2) is 89.7 Å². The third-order valence-electron chi connectivity index (χ3n) is 5.42. The summed E-state index contributed by atoms with van der Waals surface area (Å²) in [6, 6.07) is 21.7. The van der Waals surface area contributed by atoms with Crippen LogP contribution in [0.3, 0.4) is 0 Å². The zero-order valence-corrected chi connectivity index (χ0v) is 19.2. The highest BCUT2D eigenvalue weighted by Crippen LogP contribution is 2.21. The van der Waals surface area contributed by atoms with E-state index < -0.39 is 29.2 Å². The van der Waals surface area contributed by atoms with Crippen molar-refractivity contribution >= 4 is 23.2 Å². The Balaban J connectivity index is 1.72. The van der Waals surface area contributed by atoms with Crippen molar-refractivity contribution in [2.45, 2.75) is 19.9 Å². The molecule has 0 fully saturated rings. The van der Waals surface area contributed by atoms with Gasteiger partial charge in [-0.3, -0.25) is 14.4 Å². The topological polar surface area (TPSA) is 93.1 Å². The fraction of sp³-hybridized carbons (Fsp3) is 0.111. The largest absolute Gasteiger partial charge is 0.324 e. The molecule has 2 amide bonds. The molecule has 0 saturated heterocycles. The molecular weight excluding hydrogens is 447 g/mol. The highest BCUT2D eigenvalue weighted by atomic mass is 19.1. The molecule has 0 aliphatic heterocycles. The molecular formula is C27H23FN4O3. The van der Waals surface area contributed by atoms with E-state index in [2.05, 4.69) is 15.7 Å². The summed E-state index contributed by atoms with van der Waals surface area (Å²) in [4.78, 5) is 38.9. The van der Waals surface area contributed by atoms with E-state index in [-0.39, 0.29) is 5.69 Å². The van der Waals surface area contributed by atoms with E-state index in [9.17, 15) is 18.8 Å². The number of hydrogen-bond donors (Lipinski definition) is 2. The second kappa shape index (κ2) is 10.1. The monoisotopic (exact) mass is 470 g/mol. The molecule has 4 aromatic rings. The highest BCUT2D eigenvalue weighted by Gasteiger charge is 2.22. The first-order chi connectivity index (χ1) is 16.8. The van der Waals surface area contributed by atoms with Crippen molar-refractivity contribution in [1.82, 2.24) is 9.78 Å². The van der Waals surface area contributed by atoms with E-state index in [1.54, 1.807) is 30.3 Å².